The molecule has 7 heteroatoms. The van der Waals surface area contributed by atoms with Crippen molar-refractivity contribution in [2.45, 2.75) is 45.1 Å². The molecule has 0 unspecified atom stereocenters. The van der Waals surface area contributed by atoms with Gasteiger partial charge in [0, 0.05) is 11.8 Å². The fourth-order valence-electron chi connectivity index (χ4n) is 2.63. The van der Waals surface area contributed by atoms with Crippen molar-refractivity contribution in [3.05, 3.63) is 0 Å². The van der Waals surface area contributed by atoms with Gasteiger partial charge in [-0.05, 0) is 27.2 Å². The molecule has 2 saturated heterocycles. The summed E-state index contributed by atoms with van der Waals surface area (Å²) in [6.07, 6.45) is -0.329. The maximum Gasteiger partial charge on any atom is 0.408 e. The van der Waals surface area contributed by atoms with Crippen LogP contribution in [0.3, 0.4) is 0 Å². The van der Waals surface area contributed by atoms with Crippen LogP contribution in [0.2, 0.25) is 0 Å². The molecule has 0 aromatic heterocycles. The lowest BCUT2D eigenvalue weighted by molar-refractivity contribution is -0.141. The third-order valence-electron chi connectivity index (χ3n) is 3.45. The van der Waals surface area contributed by atoms with Crippen LogP contribution in [0.5, 0.6) is 0 Å². The molecule has 0 bridgehead atoms. The number of carboxylic acids is 1. The minimum Gasteiger partial charge on any atom is -0.480 e. The van der Waals surface area contributed by atoms with E-state index in [0.29, 0.717) is 6.61 Å². The van der Waals surface area contributed by atoms with E-state index in [1.54, 1.807) is 20.8 Å². The molecule has 2 rings (SSSR count). The number of hydrogen-bond donors (Lipinski definition) is 2. The zero-order valence-corrected chi connectivity index (χ0v) is 11.9. The van der Waals surface area contributed by atoms with Gasteiger partial charge in [0.2, 0.25) is 0 Å². The predicted octanol–water partition coefficient (Wildman–Crippen LogP) is 0.973. The average molecular weight is 287 g/mol. The number of fused-ring (bicyclic) bond motifs is 1. The van der Waals surface area contributed by atoms with Crippen molar-refractivity contribution in [3.8, 4) is 0 Å². The van der Waals surface area contributed by atoms with Gasteiger partial charge in [-0.25, -0.2) is 9.59 Å². The maximum atomic E-state index is 11.8. The van der Waals surface area contributed by atoms with E-state index in [0.717, 1.165) is 6.42 Å². The quantitative estimate of drug-likeness (QED) is 0.803. The smallest absolute Gasteiger partial charge is 0.408 e. The van der Waals surface area contributed by atoms with Crippen molar-refractivity contribution < 1.29 is 28.9 Å². The highest BCUT2D eigenvalue weighted by Crippen LogP contribution is 2.37. The Morgan fingerprint density at radius 3 is 2.65 bits per heavy atom. The fourth-order valence-corrected chi connectivity index (χ4v) is 2.63. The molecule has 7 nitrogen and oxygen atoms in total. The molecule has 0 aliphatic carbocycles. The maximum absolute atomic E-state index is 11.8. The van der Waals surface area contributed by atoms with Crippen molar-refractivity contribution in [3.63, 3.8) is 0 Å². The second-order valence-corrected chi connectivity index (χ2v) is 6.15. The summed E-state index contributed by atoms with van der Waals surface area (Å²) in [7, 11) is 0. The Balaban J connectivity index is 2.01. The second-order valence-electron chi connectivity index (χ2n) is 6.15. The van der Waals surface area contributed by atoms with Crippen LogP contribution in [0.25, 0.3) is 0 Å². The van der Waals surface area contributed by atoms with Gasteiger partial charge in [-0.3, -0.25) is 0 Å². The molecule has 2 aliphatic rings. The van der Waals surface area contributed by atoms with E-state index in [-0.39, 0.29) is 24.7 Å². The Morgan fingerprint density at radius 1 is 1.35 bits per heavy atom. The molecule has 0 spiro atoms. The zero-order valence-electron chi connectivity index (χ0n) is 11.9. The summed E-state index contributed by atoms with van der Waals surface area (Å²) in [5, 5.41) is 11.8. The predicted molar refractivity (Wildman–Crippen MR) is 68.1 cm³/mol. The van der Waals surface area contributed by atoms with Crippen molar-refractivity contribution in [2.75, 3.05) is 13.2 Å². The van der Waals surface area contributed by atoms with Gasteiger partial charge >= 0.3 is 12.1 Å². The number of rotatable bonds is 3. The molecule has 20 heavy (non-hydrogen) atoms. The normalized spacial score (nSPS) is 30.6. The zero-order chi connectivity index (χ0) is 14.9. The lowest BCUT2D eigenvalue weighted by Crippen LogP contribution is -2.49. The number of hydrogen-bond acceptors (Lipinski definition) is 5. The number of carbonyl (C=O) groups is 2. The van der Waals surface area contributed by atoms with E-state index in [2.05, 4.69) is 5.32 Å². The summed E-state index contributed by atoms with van der Waals surface area (Å²) in [4.78, 5) is 23.2. The highest BCUT2D eigenvalue weighted by molar-refractivity contribution is 5.80. The summed E-state index contributed by atoms with van der Waals surface area (Å²) in [5.74, 6) is -1.38. The van der Waals surface area contributed by atoms with Crippen LogP contribution < -0.4 is 5.32 Å². The van der Waals surface area contributed by atoms with Gasteiger partial charge in [-0.1, -0.05) is 0 Å². The standard InChI is InChI=1S/C13H21NO6/c1-13(2,3)20-12(17)14-9(10(15)16)8-6-19-11-7(8)4-5-18-11/h7-9,11H,4-6H2,1-3H3,(H,14,17)(H,15,16)/t7-,8-,9+,11+/m1/s1. The molecule has 0 aromatic rings. The molecule has 2 fully saturated rings. The molecular weight excluding hydrogens is 266 g/mol. The van der Waals surface area contributed by atoms with Crippen LogP contribution >= 0.6 is 0 Å². The first-order valence-corrected chi connectivity index (χ1v) is 6.73. The van der Waals surface area contributed by atoms with Crippen LogP contribution in [0.4, 0.5) is 4.79 Å². The largest absolute Gasteiger partial charge is 0.480 e. The molecule has 4 atom stereocenters. The molecule has 1 amide bonds. The molecule has 2 N–H and O–H groups in total. The summed E-state index contributed by atoms with van der Waals surface area (Å²) in [5.41, 5.74) is -0.668. The first-order valence-electron chi connectivity index (χ1n) is 6.73. The summed E-state index contributed by atoms with van der Waals surface area (Å²) in [6.45, 7) is 6.00. The van der Waals surface area contributed by atoms with Crippen LogP contribution in [-0.2, 0) is 19.0 Å². The van der Waals surface area contributed by atoms with Gasteiger partial charge in [0.25, 0.3) is 0 Å². The number of carbonyl (C=O) groups excluding carboxylic acids is 1. The van der Waals surface area contributed by atoms with Crippen LogP contribution in [0.15, 0.2) is 0 Å². The average Bonchev–Trinajstić information content (AvgIpc) is 2.84. The topological polar surface area (TPSA) is 94.1 Å². The van der Waals surface area contributed by atoms with Gasteiger partial charge in [-0.15, -0.1) is 0 Å². The Morgan fingerprint density at radius 2 is 2.05 bits per heavy atom. The third-order valence-corrected chi connectivity index (χ3v) is 3.45. The first kappa shape index (κ1) is 15.1. The van der Waals surface area contributed by atoms with E-state index in [4.69, 9.17) is 14.2 Å². The minimum atomic E-state index is -1.09. The lowest BCUT2D eigenvalue weighted by Gasteiger charge is -2.26. The van der Waals surface area contributed by atoms with Gasteiger partial charge in [0.15, 0.2) is 6.29 Å². The molecule has 0 radical (unpaired) electrons. The van der Waals surface area contributed by atoms with Gasteiger partial charge in [0.1, 0.15) is 11.6 Å². The monoisotopic (exact) mass is 287 g/mol. The van der Waals surface area contributed by atoms with Gasteiger partial charge in [-0.2, -0.15) is 0 Å². The molecule has 0 saturated carbocycles. The minimum absolute atomic E-state index is 0.00559. The summed E-state index contributed by atoms with van der Waals surface area (Å²) in [6, 6.07) is -1.03. The Labute approximate surface area is 117 Å². The van der Waals surface area contributed by atoms with Crippen molar-refractivity contribution >= 4 is 12.1 Å². The van der Waals surface area contributed by atoms with Crippen molar-refractivity contribution in [2.24, 2.45) is 11.8 Å². The van der Waals surface area contributed by atoms with Crippen LogP contribution in [-0.4, -0.2) is 48.3 Å². The van der Waals surface area contributed by atoms with Crippen molar-refractivity contribution in [1.82, 2.24) is 5.32 Å². The van der Waals surface area contributed by atoms with E-state index < -0.39 is 23.7 Å². The second kappa shape index (κ2) is 5.57. The van der Waals surface area contributed by atoms with E-state index in [9.17, 15) is 14.7 Å². The van der Waals surface area contributed by atoms with E-state index in [1.165, 1.54) is 0 Å². The van der Waals surface area contributed by atoms with Gasteiger partial charge in [0.05, 0.1) is 13.2 Å². The molecule has 114 valence electrons. The number of ether oxygens (including phenoxy) is 3. The first-order chi connectivity index (χ1) is 9.28. The number of amides is 1. The SMILES string of the molecule is CC(C)(C)OC(=O)N[C@H](C(=O)O)[C@@H]1CO[C@@H]2OCC[C@@H]21. The molecule has 2 heterocycles. The van der Waals surface area contributed by atoms with E-state index in [1.807, 2.05) is 0 Å². The van der Waals surface area contributed by atoms with Crippen molar-refractivity contribution in [1.29, 1.82) is 0 Å². The molecule has 0 aromatic carbocycles. The molecular formula is C13H21NO6. The number of aliphatic carboxylic acids is 1. The Hall–Kier alpha value is -1.34. The number of alkyl carbamates (subject to hydrolysis) is 1. The lowest BCUT2D eigenvalue weighted by atomic mass is 9.87. The molecule has 2 aliphatic heterocycles. The Bertz CT molecular complexity index is 391. The van der Waals surface area contributed by atoms with Crippen LogP contribution in [0, 0.1) is 11.8 Å². The van der Waals surface area contributed by atoms with Crippen LogP contribution in [0.1, 0.15) is 27.2 Å². The van der Waals surface area contributed by atoms with E-state index >= 15 is 0 Å². The Kier molecular flexibility index (Phi) is 4.19. The third kappa shape index (κ3) is 3.40. The fraction of sp³-hybridized carbons (Fsp3) is 0.846. The highest BCUT2D eigenvalue weighted by Gasteiger charge is 2.47. The number of nitrogens with one attached hydrogen (secondary N) is 1. The summed E-state index contributed by atoms with van der Waals surface area (Å²) < 4.78 is 15.9. The number of carboxylic acid groups (broad SMARTS) is 1. The van der Waals surface area contributed by atoms with Gasteiger partial charge < -0.3 is 24.6 Å². The highest BCUT2D eigenvalue weighted by atomic mass is 16.7. The summed E-state index contributed by atoms with van der Waals surface area (Å²) >= 11 is 0.